The van der Waals surface area contributed by atoms with Crippen molar-refractivity contribution in [1.82, 2.24) is 10.6 Å². The van der Waals surface area contributed by atoms with Crippen LogP contribution in [-0.4, -0.2) is 37.3 Å². The lowest BCUT2D eigenvalue weighted by Gasteiger charge is -2.15. The molecule has 2 atom stereocenters. The number of aliphatic hydroxyl groups excluding tert-OH is 1. The Morgan fingerprint density at radius 3 is 3.00 bits per heavy atom. The molecule has 1 heterocycles. The zero-order valence-electron chi connectivity index (χ0n) is 7.34. The molecule has 0 radical (unpaired) electrons. The van der Waals surface area contributed by atoms with Crippen molar-refractivity contribution in [1.29, 1.82) is 0 Å². The van der Waals surface area contributed by atoms with Gasteiger partial charge in [-0.15, -0.1) is 0 Å². The highest BCUT2D eigenvalue weighted by molar-refractivity contribution is 5.80. The van der Waals surface area contributed by atoms with E-state index < -0.39 is 0 Å². The highest BCUT2D eigenvalue weighted by Crippen LogP contribution is 2.15. The topological polar surface area (TPSA) is 61.4 Å². The molecule has 1 aliphatic heterocycles. The molecule has 12 heavy (non-hydrogen) atoms. The molecule has 0 aromatic rings. The Bertz CT molecular complexity index is 157. The molecule has 0 unspecified atom stereocenters. The molecule has 0 saturated carbocycles. The van der Waals surface area contributed by atoms with Gasteiger partial charge in [-0.3, -0.25) is 4.79 Å². The number of carbonyl (C=O) groups is 1. The van der Waals surface area contributed by atoms with Crippen molar-refractivity contribution in [2.75, 3.05) is 20.2 Å². The summed E-state index contributed by atoms with van der Waals surface area (Å²) < 4.78 is 0. The molecule has 0 aliphatic carbocycles. The minimum absolute atomic E-state index is 0.0545. The molecule has 1 aliphatic rings. The lowest BCUT2D eigenvalue weighted by molar-refractivity contribution is -0.122. The SMILES string of the molecule is CN[C@H](CO)C[C@H]1CCNC1=O. The molecule has 0 aromatic heterocycles. The zero-order valence-corrected chi connectivity index (χ0v) is 7.34. The van der Waals surface area contributed by atoms with E-state index in [1.54, 1.807) is 7.05 Å². The minimum atomic E-state index is 0.0545. The molecule has 1 rings (SSSR count). The van der Waals surface area contributed by atoms with Crippen LogP contribution in [0.25, 0.3) is 0 Å². The van der Waals surface area contributed by atoms with Crippen LogP contribution < -0.4 is 10.6 Å². The number of nitrogens with one attached hydrogen (secondary N) is 2. The highest BCUT2D eigenvalue weighted by atomic mass is 16.3. The van der Waals surface area contributed by atoms with Crippen LogP contribution in [0.15, 0.2) is 0 Å². The summed E-state index contributed by atoms with van der Waals surface area (Å²) in [5.41, 5.74) is 0. The Labute approximate surface area is 72.3 Å². The Morgan fingerprint density at radius 2 is 2.58 bits per heavy atom. The van der Waals surface area contributed by atoms with Crippen molar-refractivity contribution >= 4 is 5.91 Å². The summed E-state index contributed by atoms with van der Waals surface area (Å²) in [6, 6.07) is 0.0545. The van der Waals surface area contributed by atoms with Crippen molar-refractivity contribution in [3.63, 3.8) is 0 Å². The lowest BCUT2D eigenvalue weighted by Crippen LogP contribution is -2.33. The summed E-state index contributed by atoms with van der Waals surface area (Å²) in [7, 11) is 1.80. The van der Waals surface area contributed by atoms with E-state index in [1.165, 1.54) is 0 Å². The van der Waals surface area contributed by atoms with Gasteiger partial charge in [0, 0.05) is 18.5 Å². The van der Waals surface area contributed by atoms with Gasteiger partial charge in [-0.1, -0.05) is 0 Å². The van der Waals surface area contributed by atoms with E-state index >= 15 is 0 Å². The second kappa shape index (κ2) is 4.42. The summed E-state index contributed by atoms with van der Waals surface area (Å²) in [5, 5.41) is 14.6. The average Bonchev–Trinajstić information content (AvgIpc) is 2.47. The monoisotopic (exact) mass is 172 g/mol. The molecular weight excluding hydrogens is 156 g/mol. The first kappa shape index (κ1) is 9.48. The largest absolute Gasteiger partial charge is 0.395 e. The van der Waals surface area contributed by atoms with Gasteiger partial charge in [-0.25, -0.2) is 0 Å². The van der Waals surface area contributed by atoms with Gasteiger partial charge in [0.25, 0.3) is 0 Å². The fraction of sp³-hybridized carbons (Fsp3) is 0.875. The van der Waals surface area contributed by atoms with E-state index in [0.717, 1.165) is 19.4 Å². The zero-order chi connectivity index (χ0) is 8.97. The van der Waals surface area contributed by atoms with Crippen LogP contribution in [-0.2, 0) is 4.79 Å². The van der Waals surface area contributed by atoms with Crippen molar-refractivity contribution in [3.8, 4) is 0 Å². The van der Waals surface area contributed by atoms with Gasteiger partial charge in [-0.05, 0) is 19.9 Å². The number of likely N-dealkylation sites (N-methyl/N-ethyl adjacent to an activating group) is 1. The fourth-order valence-corrected chi connectivity index (χ4v) is 1.50. The number of amides is 1. The van der Waals surface area contributed by atoms with E-state index in [9.17, 15) is 4.79 Å². The normalized spacial score (nSPS) is 25.5. The molecule has 4 heteroatoms. The first-order chi connectivity index (χ1) is 5.77. The Kier molecular flexibility index (Phi) is 3.49. The van der Waals surface area contributed by atoms with Crippen LogP contribution in [0.4, 0.5) is 0 Å². The molecule has 4 nitrogen and oxygen atoms in total. The first-order valence-corrected chi connectivity index (χ1v) is 4.33. The van der Waals surface area contributed by atoms with Crippen molar-refractivity contribution in [2.24, 2.45) is 5.92 Å². The summed E-state index contributed by atoms with van der Waals surface area (Å²) in [5.74, 6) is 0.221. The summed E-state index contributed by atoms with van der Waals surface area (Å²) in [6.45, 7) is 0.881. The van der Waals surface area contributed by atoms with Crippen LogP contribution in [0.1, 0.15) is 12.8 Å². The van der Waals surface area contributed by atoms with Crippen molar-refractivity contribution < 1.29 is 9.90 Å². The quantitative estimate of drug-likeness (QED) is 0.514. The Hall–Kier alpha value is -0.610. The molecular formula is C8H16N2O2. The molecule has 1 saturated heterocycles. The summed E-state index contributed by atoms with van der Waals surface area (Å²) in [4.78, 5) is 11.1. The van der Waals surface area contributed by atoms with Crippen molar-refractivity contribution in [3.05, 3.63) is 0 Å². The van der Waals surface area contributed by atoms with Gasteiger partial charge in [0.2, 0.25) is 5.91 Å². The molecule has 1 amide bonds. The number of rotatable bonds is 4. The van der Waals surface area contributed by atoms with E-state index in [2.05, 4.69) is 10.6 Å². The molecule has 3 N–H and O–H groups in total. The third kappa shape index (κ3) is 2.19. The summed E-state index contributed by atoms with van der Waals surface area (Å²) in [6.07, 6.45) is 1.63. The van der Waals surface area contributed by atoms with Crippen LogP contribution >= 0.6 is 0 Å². The van der Waals surface area contributed by atoms with Crippen molar-refractivity contribution in [2.45, 2.75) is 18.9 Å². The van der Waals surface area contributed by atoms with E-state index in [-0.39, 0.29) is 24.5 Å². The van der Waals surface area contributed by atoms with Gasteiger partial charge in [0.05, 0.1) is 6.61 Å². The number of aliphatic hydroxyl groups is 1. The van der Waals surface area contributed by atoms with Gasteiger partial charge in [-0.2, -0.15) is 0 Å². The maximum atomic E-state index is 11.1. The molecule has 1 fully saturated rings. The minimum Gasteiger partial charge on any atom is -0.395 e. The van der Waals surface area contributed by atoms with Crippen LogP contribution in [0, 0.1) is 5.92 Å². The smallest absolute Gasteiger partial charge is 0.223 e. The van der Waals surface area contributed by atoms with Gasteiger partial charge in [0.1, 0.15) is 0 Å². The first-order valence-electron chi connectivity index (χ1n) is 4.33. The molecule has 0 spiro atoms. The third-order valence-electron chi connectivity index (χ3n) is 2.36. The highest BCUT2D eigenvalue weighted by Gasteiger charge is 2.26. The Balaban J connectivity index is 2.33. The van der Waals surface area contributed by atoms with Crippen LogP contribution in [0.5, 0.6) is 0 Å². The van der Waals surface area contributed by atoms with E-state index in [1.807, 2.05) is 0 Å². The number of carbonyl (C=O) groups excluding carboxylic acids is 1. The standard InChI is InChI=1S/C8H16N2O2/c1-9-7(5-11)4-6-2-3-10-8(6)12/h6-7,9,11H,2-5H2,1H3,(H,10,12)/t6-,7+/m1/s1. The molecule has 0 bridgehead atoms. The van der Waals surface area contributed by atoms with Crippen LogP contribution in [0.2, 0.25) is 0 Å². The Morgan fingerprint density at radius 1 is 1.83 bits per heavy atom. The second-order valence-corrected chi connectivity index (χ2v) is 3.18. The van der Waals surface area contributed by atoms with E-state index in [4.69, 9.17) is 5.11 Å². The average molecular weight is 172 g/mol. The second-order valence-electron chi connectivity index (χ2n) is 3.18. The molecule has 70 valence electrons. The van der Waals surface area contributed by atoms with Gasteiger partial charge in [0.15, 0.2) is 0 Å². The third-order valence-corrected chi connectivity index (χ3v) is 2.36. The number of hydrogen-bond acceptors (Lipinski definition) is 3. The maximum Gasteiger partial charge on any atom is 0.223 e. The number of hydrogen-bond donors (Lipinski definition) is 3. The maximum absolute atomic E-state index is 11.1. The fourth-order valence-electron chi connectivity index (χ4n) is 1.50. The van der Waals surface area contributed by atoms with Gasteiger partial charge >= 0.3 is 0 Å². The molecule has 0 aromatic carbocycles. The van der Waals surface area contributed by atoms with Gasteiger partial charge < -0.3 is 15.7 Å². The van der Waals surface area contributed by atoms with Crippen LogP contribution in [0.3, 0.4) is 0 Å². The lowest BCUT2D eigenvalue weighted by atomic mass is 9.99. The predicted octanol–water partition coefficient (Wildman–Crippen LogP) is -0.907. The predicted molar refractivity (Wildman–Crippen MR) is 45.7 cm³/mol. The summed E-state index contributed by atoms with van der Waals surface area (Å²) >= 11 is 0. The van der Waals surface area contributed by atoms with E-state index in [0.29, 0.717) is 0 Å².